The largest absolute Gasteiger partial charge is 0.490 e. The van der Waals surface area contributed by atoms with Gasteiger partial charge in [-0.15, -0.1) is 10.2 Å². The number of amides is 1. The average Bonchev–Trinajstić information content (AvgIpc) is 3.01. The van der Waals surface area contributed by atoms with Gasteiger partial charge in [-0.05, 0) is 24.3 Å². The monoisotopic (exact) mass is 313 g/mol. The van der Waals surface area contributed by atoms with Crippen molar-refractivity contribution >= 4 is 22.9 Å². The van der Waals surface area contributed by atoms with Gasteiger partial charge in [-0.1, -0.05) is 0 Å². The number of carbonyl (C=O) groups excluding carboxylic acids is 1. The molecule has 3 rings (SSSR count). The van der Waals surface area contributed by atoms with Gasteiger partial charge in [-0.3, -0.25) is 19.3 Å². The molecular formula is C14H11N5O4. The molecule has 0 aliphatic heterocycles. The molecule has 0 saturated heterocycles. The lowest BCUT2D eigenvalue weighted by molar-refractivity contribution is -0.385. The van der Waals surface area contributed by atoms with Crippen LogP contribution in [0.4, 0.5) is 11.4 Å². The number of ether oxygens (including phenoxy) is 1. The van der Waals surface area contributed by atoms with Gasteiger partial charge < -0.3 is 10.1 Å². The second-order valence-corrected chi connectivity index (χ2v) is 4.61. The van der Waals surface area contributed by atoms with E-state index in [0.717, 1.165) is 0 Å². The molecule has 23 heavy (non-hydrogen) atoms. The number of carbonyl (C=O) groups is 1. The molecule has 2 aromatic heterocycles. The summed E-state index contributed by atoms with van der Waals surface area (Å²) in [5, 5.41) is 21.3. The highest BCUT2D eigenvalue weighted by Gasteiger charge is 2.18. The Kier molecular flexibility index (Phi) is 3.59. The van der Waals surface area contributed by atoms with E-state index >= 15 is 0 Å². The van der Waals surface area contributed by atoms with E-state index in [2.05, 4.69) is 15.5 Å². The molecule has 0 unspecified atom stereocenters. The fraction of sp³-hybridized carbons (Fsp3) is 0.0714. The number of nitro groups is 1. The number of nitrogens with zero attached hydrogens (tertiary/aromatic N) is 4. The van der Waals surface area contributed by atoms with Crippen molar-refractivity contribution in [3.05, 3.63) is 58.5 Å². The Morgan fingerprint density at radius 1 is 1.35 bits per heavy atom. The minimum atomic E-state index is -0.598. The second-order valence-electron chi connectivity index (χ2n) is 4.61. The van der Waals surface area contributed by atoms with Gasteiger partial charge >= 0.3 is 5.69 Å². The lowest BCUT2D eigenvalue weighted by atomic mass is 10.1. The molecule has 0 aliphatic rings. The van der Waals surface area contributed by atoms with Crippen LogP contribution in [0.5, 0.6) is 5.75 Å². The number of methoxy groups -OCH3 is 1. The second kappa shape index (κ2) is 5.72. The van der Waals surface area contributed by atoms with E-state index in [9.17, 15) is 14.9 Å². The Balaban J connectivity index is 1.87. The Hall–Kier alpha value is -3.49. The molecule has 9 nitrogen and oxygen atoms in total. The molecule has 0 fully saturated rings. The fourth-order valence-electron chi connectivity index (χ4n) is 2.08. The summed E-state index contributed by atoms with van der Waals surface area (Å²) in [7, 11) is 1.33. The van der Waals surface area contributed by atoms with Crippen LogP contribution in [0, 0.1) is 10.1 Å². The molecule has 2 heterocycles. The number of anilines is 1. The van der Waals surface area contributed by atoms with Crippen LogP contribution in [-0.2, 0) is 0 Å². The first-order valence-corrected chi connectivity index (χ1v) is 6.51. The van der Waals surface area contributed by atoms with Gasteiger partial charge in [0.1, 0.15) is 6.33 Å². The third-order valence-electron chi connectivity index (χ3n) is 3.19. The molecule has 9 heteroatoms. The van der Waals surface area contributed by atoms with E-state index < -0.39 is 10.8 Å². The first-order chi connectivity index (χ1) is 11.1. The summed E-state index contributed by atoms with van der Waals surface area (Å²) in [6.07, 6.45) is 3.15. The fourth-order valence-corrected chi connectivity index (χ4v) is 2.08. The van der Waals surface area contributed by atoms with Crippen molar-refractivity contribution in [2.24, 2.45) is 0 Å². The van der Waals surface area contributed by atoms with E-state index in [-0.39, 0.29) is 17.0 Å². The zero-order chi connectivity index (χ0) is 16.4. The first kappa shape index (κ1) is 14.4. The van der Waals surface area contributed by atoms with Crippen LogP contribution in [0.3, 0.4) is 0 Å². The van der Waals surface area contributed by atoms with Crippen LogP contribution in [0.15, 0.2) is 42.9 Å². The number of nitrogens with one attached hydrogen (secondary N) is 1. The van der Waals surface area contributed by atoms with Crippen molar-refractivity contribution in [3.8, 4) is 5.75 Å². The summed E-state index contributed by atoms with van der Waals surface area (Å²) in [6.45, 7) is 0. The Morgan fingerprint density at radius 3 is 2.91 bits per heavy atom. The minimum absolute atomic E-state index is 0.0949. The SMILES string of the molecule is COc1ccc(C(=O)Nc2ccc3nncn3c2)cc1[N+](=O)[O-]. The summed E-state index contributed by atoms with van der Waals surface area (Å²) < 4.78 is 6.55. The van der Waals surface area contributed by atoms with Gasteiger partial charge in [0.05, 0.1) is 17.7 Å². The van der Waals surface area contributed by atoms with Gasteiger partial charge in [0.25, 0.3) is 5.91 Å². The smallest absolute Gasteiger partial charge is 0.311 e. The molecule has 0 bridgehead atoms. The quantitative estimate of drug-likeness (QED) is 0.581. The average molecular weight is 313 g/mol. The summed E-state index contributed by atoms with van der Waals surface area (Å²) in [5.74, 6) is -0.374. The predicted octanol–water partition coefficient (Wildman–Crippen LogP) is 1.90. The standard InChI is InChI=1S/C14H11N5O4/c1-23-12-4-2-9(6-11(12)19(21)22)14(20)16-10-3-5-13-17-15-8-18(13)7-10/h2-8H,1H3,(H,16,20). The van der Waals surface area contributed by atoms with Gasteiger partial charge in [0.15, 0.2) is 11.4 Å². The molecule has 116 valence electrons. The van der Waals surface area contributed by atoms with Crippen molar-refractivity contribution in [1.29, 1.82) is 0 Å². The van der Waals surface area contributed by atoms with Crippen LogP contribution >= 0.6 is 0 Å². The predicted molar refractivity (Wildman–Crippen MR) is 80.6 cm³/mol. The number of aromatic nitrogens is 3. The van der Waals surface area contributed by atoms with Crippen LogP contribution < -0.4 is 10.1 Å². The summed E-state index contributed by atoms with van der Waals surface area (Å²) in [4.78, 5) is 22.7. The van der Waals surface area contributed by atoms with Crippen LogP contribution in [0.1, 0.15) is 10.4 Å². The van der Waals surface area contributed by atoms with E-state index in [1.54, 1.807) is 22.7 Å². The number of hydrogen-bond acceptors (Lipinski definition) is 6. The maximum absolute atomic E-state index is 12.2. The normalized spacial score (nSPS) is 10.5. The molecule has 0 aliphatic carbocycles. The molecule has 1 amide bonds. The number of pyridine rings is 1. The lowest BCUT2D eigenvalue weighted by Gasteiger charge is -2.07. The summed E-state index contributed by atoms with van der Waals surface area (Å²) in [5.41, 5.74) is 1.04. The highest BCUT2D eigenvalue weighted by molar-refractivity contribution is 6.04. The zero-order valence-corrected chi connectivity index (χ0v) is 12.0. The van der Waals surface area contributed by atoms with Crippen LogP contribution in [-0.4, -0.2) is 32.5 Å². The Labute approximate surface area is 129 Å². The molecule has 1 aromatic carbocycles. The van der Waals surface area contributed by atoms with Crippen LogP contribution in [0.25, 0.3) is 5.65 Å². The van der Waals surface area contributed by atoms with Crippen LogP contribution in [0.2, 0.25) is 0 Å². The Morgan fingerprint density at radius 2 is 2.17 bits per heavy atom. The van der Waals surface area contributed by atoms with Gasteiger partial charge in [0.2, 0.25) is 0 Å². The number of benzene rings is 1. The highest BCUT2D eigenvalue weighted by Crippen LogP contribution is 2.27. The summed E-state index contributed by atoms with van der Waals surface area (Å²) in [6, 6.07) is 7.37. The van der Waals surface area contributed by atoms with Crippen molar-refractivity contribution in [2.75, 3.05) is 12.4 Å². The van der Waals surface area contributed by atoms with Crippen molar-refractivity contribution in [1.82, 2.24) is 14.6 Å². The number of fused-ring (bicyclic) bond motifs is 1. The topological polar surface area (TPSA) is 112 Å². The van der Waals surface area contributed by atoms with Gasteiger partial charge in [-0.2, -0.15) is 0 Å². The molecule has 0 atom stereocenters. The molecule has 0 radical (unpaired) electrons. The number of nitro benzene ring substituents is 1. The van der Waals surface area contributed by atoms with E-state index in [4.69, 9.17) is 4.74 Å². The van der Waals surface area contributed by atoms with Crippen molar-refractivity contribution < 1.29 is 14.5 Å². The van der Waals surface area contributed by atoms with E-state index in [1.165, 1.54) is 31.6 Å². The molecule has 0 saturated carbocycles. The minimum Gasteiger partial charge on any atom is -0.490 e. The molecule has 0 spiro atoms. The molecular weight excluding hydrogens is 302 g/mol. The van der Waals surface area contributed by atoms with Crippen molar-refractivity contribution in [2.45, 2.75) is 0 Å². The highest BCUT2D eigenvalue weighted by atomic mass is 16.6. The van der Waals surface area contributed by atoms with E-state index in [1.807, 2.05) is 0 Å². The number of rotatable bonds is 4. The Bertz CT molecular complexity index is 905. The zero-order valence-electron chi connectivity index (χ0n) is 12.0. The van der Waals surface area contributed by atoms with Crippen molar-refractivity contribution in [3.63, 3.8) is 0 Å². The maximum atomic E-state index is 12.2. The lowest BCUT2D eigenvalue weighted by Crippen LogP contribution is -2.12. The van der Waals surface area contributed by atoms with E-state index in [0.29, 0.717) is 11.3 Å². The third-order valence-corrected chi connectivity index (χ3v) is 3.19. The molecule has 1 N–H and O–H groups in total. The number of hydrogen-bond donors (Lipinski definition) is 1. The van der Waals surface area contributed by atoms with Gasteiger partial charge in [-0.25, -0.2) is 0 Å². The maximum Gasteiger partial charge on any atom is 0.311 e. The third kappa shape index (κ3) is 2.79. The van der Waals surface area contributed by atoms with Gasteiger partial charge in [0, 0.05) is 17.8 Å². The molecule has 3 aromatic rings. The first-order valence-electron chi connectivity index (χ1n) is 6.51. The summed E-state index contributed by atoms with van der Waals surface area (Å²) >= 11 is 0.